The van der Waals surface area contributed by atoms with Crippen molar-refractivity contribution in [3.63, 3.8) is 0 Å². The number of imidazole rings is 1. The predicted molar refractivity (Wildman–Crippen MR) is 87.5 cm³/mol. The van der Waals surface area contributed by atoms with E-state index in [0.29, 0.717) is 11.6 Å². The first-order valence-electron chi connectivity index (χ1n) is 7.37. The number of carbonyl (C=O) groups excluding carboxylic acids is 1. The summed E-state index contributed by atoms with van der Waals surface area (Å²) in [5.41, 5.74) is 1.11. The van der Waals surface area contributed by atoms with Crippen molar-refractivity contribution in [3.05, 3.63) is 72.3 Å². The van der Waals surface area contributed by atoms with Gasteiger partial charge in [-0.25, -0.2) is 9.97 Å². The summed E-state index contributed by atoms with van der Waals surface area (Å²) in [5, 5.41) is 2.96. The number of rotatable bonds is 5. The van der Waals surface area contributed by atoms with Crippen molar-refractivity contribution in [3.8, 4) is 5.75 Å². The van der Waals surface area contributed by atoms with Gasteiger partial charge >= 0.3 is 0 Å². The molecular weight excluding hydrogens is 306 g/mol. The van der Waals surface area contributed by atoms with Crippen LogP contribution in [0.4, 0.5) is 0 Å². The van der Waals surface area contributed by atoms with Gasteiger partial charge < -0.3 is 14.6 Å². The quantitative estimate of drug-likeness (QED) is 0.773. The number of hydrogen-bond acceptors (Lipinski definition) is 5. The number of aryl methyl sites for hydroxylation is 1. The van der Waals surface area contributed by atoms with Crippen molar-refractivity contribution >= 4 is 5.91 Å². The van der Waals surface area contributed by atoms with Crippen LogP contribution in [0.2, 0.25) is 0 Å². The second kappa shape index (κ2) is 6.91. The number of methoxy groups -OCH3 is 1. The minimum Gasteiger partial charge on any atom is -0.497 e. The first-order valence-corrected chi connectivity index (χ1v) is 7.37. The molecule has 0 aliphatic rings. The summed E-state index contributed by atoms with van der Waals surface area (Å²) in [5.74, 6) is 1.10. The SMILES string of the molecule is COc1cccc([C@H](NC(=O)c2cnccn2)c2nccn2C)c1. The molecule has 0 spiro atoms. The number of carbonyl (C=O) groups is 1. The number of benzene rings is 1. The average molecular weight is 323 g/mol. The highest BCUT2D eigenvalue weighted by molar-refractivity contribution is 5.92. The highest BCUT2D eigenvalue weighted by atomic mass is 16.5. The molecule has 0 saturated heterocycles. The first kappa shape index (κ1) is 15.7. The third kappa shape index (κ3) is 3.24. The maximum Gasteiger partial charge on any atom is 0.272 e. The third-order valence-electron chi connectivity index (χ3n) is 3.62. The molecule has 24 heavy (non-hydrogen) atoms. The summed E-state index contributed by atoms with van der Waals surface area (Å²) < 4.78 is 7.14. The van der Waals surface area contributed by atoms with Crippen LogP contribution in [0.1, 0.15) is 27.9 Å². The van der Waals surface area contributed by atoms with Crippen LogP contribution in [-0.2, 0) is 7.05 Å². The minimum absolute atomic E-state index is 0.250. The van der Waals surface area contributed by atoms with Gasteiger partial charge in [-0.2, -0.15) is 0 Å². The molecule has 2 heterocycles. The van der Waals surface area contributed by atoms with Gasteiger partial charge in [-0.15, -0.1) is 0 Å². The predicted octanol–water partition coefficient (Wildman–Crippen LogP) is 1.74. The smallest absolute Gasteiger partial charge is 0.272 e. The van der Waals surface area contributed by atoms with Crippen molar-refractivity contribution in [1.82, 2.24) is 24.8 Å². The van der Waals surface area contributed by atoms with Crippen LogP contribution in [0.3, 0.4) is 0 Å². The summed E-state index contributed by atoms with van der Waals surface area (Å²) in [6, 6.07) is 7.08. The van der Waals surface area contributed by atoms with Gasteiger partial charge in [0, 0.05) is 31.8 Å². The highest BCUT2D eigenvalue weighted by Crippen LogP contribution is 2.24. The van der Waals surface area contributed by atoms with Crippen LogP contribution in [0.5, 0.6) is 5.75 Å². The fourth-order valence-corrected chi connectivity index (χ4v) is 2.39. The van der Waals surface area contributed by atoms with Gasteiger partial charge in [-0.05, 0) is 17.7 Å². The van der Waals surface area contributed by atoms with E-state index in [4.69, 9.17) is 4.74 Å². The zero-order valence-electron chi connectivity index (χ0n) is 13.4. The zero-order chi connectivity index (χ0) is 16.9. The third-order valence-corrected chi connectivity index (χ3v) is 3.62. The number of hydrogen-bond donors (Lipinski definition) is 1. The minimum atomic E-state index is -0.436. The van der Waals surface area contributed by atoms with Crippen LogP contribution in [0, 0.1) is 0 Å². The molecule has 1 N–H and O–H groups in total. The Morgan fingerprint density at radius 1 is 1.25 bits per heavy atom. The van der Waals surface area contributed by atoms with Crippen molar-refractivity contribution in [2.24, 2.45) is 7.05 Å². The van der Waals surface area contributed by atoms with E-state index in [2.05, 4.69) is 20.3 Å². The summed E-state index contributed by atoms with van der Waals surface area (Å²) in [7, 11) is 3.48. The second-order valence-electron chi connectivity index (χ2n) is 5.17. The Labute approximate surface area is 139 Å². The van der Waals surface area contributed by atoms with E-state index in [0.717, 1.165) is 5.56 Å². The molecule has 122 valence electrons. The molecule has 3 aromatic rings. The van der Waals surface area contributed by atoms with Crippen LogP contribution in [-0.4, -0.2) is 32.5 Å². The van der Waals surface area contributed by atoms with Gasteiger partial charge in [0.05, 0.1) is 13.3 Å². The molecule has 0 saturated carbocycles. The molecule has 1 amide bonds. The van der Waals surface area contributed by atoms with E-state index in [1.54, 1.807) is 13.3 Å². The molecule has 0 bridgehead atoms. The fraction of sp³-hybridized carbons (Fsp3) is 0.176. The zero-order valence-corrected chi connectivity index (χ0v) is 13.4. The highest BCUT2D eigenvalue weighted by Gasteiger charge is 2.22. The van der Waals surface area contributed by atoms with Crippen LogP contribution in [0.25, 0.3) is 0 Å². The lowest BCUT2D eigenvalue weighted by atomic mass is 10.1. The lowest BCUT2D eigenvalue weighted by Crippen LogP contribution is -2.31. The van der Waals surface area contributed by atoms with E-state index < -0.39 is 6.04 Å². The molecule has 7 nitrogen and oxygen atoms in total. The molecule has 2 aromatic heterocycles. The Bertz CT molecular complexity index is 832. The molecule has 0 aliphatic heterocycles. The van der Waals surface area contributed by atoms with Gasteiger partial charge in [-0.3, -0.25) is 9.78 Å². The standard InChI is InChI=1S/C17H17N5O2/c1-22-9-8-20-16(22)15(12-4-3-5-13(10-12)24-2)21-17(23)14-11-18-6-7-19-14/h3-11,15H,1-2H3,(H,21,23)/t15-/m0/s1. The fourth-order valence-electron chi connectivity index (χ4n) is 2.39. The van der Waals surface area contributed by atoms with Crippen LogP contribution < -0.4 is 10.1 Å². The van der Waals surface area contributed by atoms with Gasteiger partial charge in [-0.1, -0.05) is 12.1 Å². The van der Waals surface area contributed by atoms with E-state index in [9.17, 15) is 4.79 Å². The average Bonchev–Trinajstić information content (AvgIpc) is 3.06. The maximum absolute atomic E-state index is 12.5. The number of amides is 1. The second-order valence-corrected chi connectivity index (χ2v) is 5.17. The summed E-state index contributed by atoms with van der Waals surface area (Å²) >= 11 is 0. The number of nitrogens with zero attached hydrogens (tertiary/aromatic N) is 4. The van der Waals surface area contributed by atoms with E-state index in [-0.39, 0.29) is 11.6 Å². The lowest BCUT2D eigenvalue weighted by molar-refractivity contribution is 0.0935. The Hall–Kier alpha value is -3.22. The number of aromatic nitrogens is 4. The maximum atomic E-state index is 12.5. The van der Waals surface area contributed by atoms with Crippen molar-refractivity contribution in [2.75, 3.05) is 7.11 Å². The molecule has 1 aromatic carbocycles. The normalized spacial score (nSPS) is 11.8. The van der Waals surface area contributed by atoms with Crippen LogP contribution in [0.15, 0.2) is 55.2 Å². The summed E-state index contributed by atoms with van der Waals surface area (Å²) in [4.78, 5) is 24.8. The van der Waals surface area contributed by atoms with E-state index in [1.807, 2.05) is 42.1 Å². The monoisotopic (exact) mass is 323 g/mol. The Morgan fingerprint density at radius 2 is 2.12 bits per heavy atom. The Morgan fingerprint density at radius 3 is 2.79 bits per heavy atom. The van der Waals surface area contributed by atoms with Gasteiger partial charge in [0.25, 0.3) is 5.91 Å². The topological polar surface area (TPSA) is 81.9 Å². The molecule has 0 aliphatic carbocycles. The number of ether oxygens (including phenoxy) is 1. The Balaban J connectivity index is 1.96. The largest absolute Gasteiger partial charge is 0.497 e. The molecule has 1 atom stereocenters. The number of nitrogens with one attached hydrogen (secondary N) is 1. The van der Waals surface area contributed by atoms with Gasteiger partial charge in [0.1, 0.15) is 23.3 Å². The summed E-state index contributed by atoms with van der Waals surface area (Å²) in [6.45, 7) is 0. The van der Waals surface area contributed by atoms with Crippen molar-refractivity contribution in [1.29, 1.82) is 0 Å². The molecule has 3 rings (SSSR count). The summed E-state index contributed by atoms with van der Waals surface area (Å²) in [6.07, 6.45) is 7.95. The van der Waals surface area contributed by atoms with Crippen LogP contribution >= 0.6 is 0 Å². The first-order chi connectivity index (χ1) is 11.7. The van der Waals surface area contributed by atoms with E-state index in [1.165, 1.54) is 18.6 Å². The molecular formula is C17H17N5O2. The Kier molecular flexibility index (Phi) is 4.51. The van der Waals surface area contributed by atoms with Crippen molar-refractivity contribution < 1.29 is 9.53 Å². The van der Waals surface area contributed by atoms with Gasteiger partial charge in [0.2, 0.25) is 0 Å². The lowest BCUT2D eigenvalue weighted by Gasteiger charge is -2.19. The van der Waals surface area contributed by atoms with E-state index >= 15 is 0 Å². The van der Waals surface area contributed by atoms with Crippen molar-refractivity contribution in [2.45, 2.75) is 6.04 Å². The van der Waals surface area contributed by atoms with Gasteiger partial charge in [0.15, 0.2) is 0 Å². The molecule has 0 unspecified atom stereocenters. The molecule has 7 heteroatoms. The molecule has 0 radical (unpaired) electrons. The molecule has 0 fully saturated rings.